The van der Waals surface area contributed by atoms with Gasteiger partial charge in [-0.25, -0.2) is 4.39 Å². The van der Waals surface area contributed by atoms with Crippen molar-refractivity contribution in [1.29, 1.82) is 0 Å². The second-order valence-corrected chi connectivity index (χ2v) is 13.2. The van der Waals surface area contributed by atoms with E-state index in [1.54, 1.807) is 0 Å². The average Bonchev–Trinajstić information content (AvgIpc) is 2.90. The van der Waals surface area contributed by atoms with Crippen molar-refractivity contribution in [3.05, 3.63) is 71.4 Å². The molecule has 1 amide bonds. The van der Waals surface area contributed by atoms with Gasteiger partial charge in [-0.05, 0) is 76.8 Å². The third-order valence-electron chi connectivity index (χ3n) is 8.40. The van der Waals surface area contributed by atoms with Crippen LogP contribution in [0.25, 0.3) is 0 Å². The monoisotopic (exact) mass is 579 g/mol. The number of halogens is 1. The summed E-state index contributed by atoms with van der Waals surface area (Å²) in [4.78, 5) is 18.1. The molecular formula is C33H46FN5O3. The second kappa shape index (κ2) is 12.2. The van der Waals surface area contributed by atoms with Crippen LogP contribution in [0.4, 0.5) is 10.1 Å². The van der Waals surface area contributed by atoms with E-state index in [0.29, 0.717) is 54.5 Å². The molecule has 1 aromatic rings. The molecule has 2 bridgehead atoms. The molecule has 42 heavy (non-hydrogen) atoms. The minimum atomic E-state index is -0.556. The topological polar surface area (TPSA) is 78.1 Å². The van der Waals surface area contributed by atoms with Crippen LogP contribution in [0.1, 0.15) is 47.5 Å². The van der Waals surface area contributed by atoms with Gasteiger partial charge in [0.15, 0.2) is 0 Å². The molecule has 228 valence electrons. The Hall–Kier alpha value is -3.14. The van der Waals surface area contributed by atoms with Crippen LogP contribution in [-0.2, 0) is 9.53 Å². The lowest BCUT2D eigenvalue weighted by atomic mass is 9.79. The van der Waals surface area contributed by atoms with Gasteiger partial charge in [0, 0.05) is 56.0 Å². The third-order valence-corrected chi connectivity index (χ3v) is 8.40. The fraction of sp³-hybridized carbons (Fsp3) is 0.545. The SMILES string of the molecule is C=C1C(C(=O)NC2CC(C)(C)NC(C)(C)C2)=CN2C/C1=C\C(F)=C(\NCCN1CCOCC1)C(C)Oc1ccccc12. The fourth-order valence-electron chi connectivity index (χ4n) is 6.77. The molecule has 8 nitrogen and oxygen atoms in total. The molecule has 2 fully saturated rings. The molecule has 9 heteroatoms. The molecule has 4 heterocycles. The van der Waals surface area contributed by atoms with Crippen LogP contribution in [0.2, 0.25) is 0 Å². The smallest absolute Gasteiger partial charge is 0.253 e. The summed E-state index contributed by atoms with van der Waals surface area (Å²) in [6.45, 7) is 19.6. The van der Waals surface area contributed by atoms with Crippen LogP contribution < -0.4 is 25.6 Å². The lowest BCUT2D eigenvalue weighted by molar-refractivity contribution is -0.118. The number of nitrogens with one attached hydrogen (secondary N) is 3. The molecule has 0 aliphatic carbocycles. The first-order valence-corrected chi connectivity index (χ1v) is 15.1. The van der Waals surface area contributed by atoms with E-state index in [1.165, 1.54) is 6.08 Å². The number of rotatable bonds is 6. The van der Waals surface area contributed by atoms with Gasteiger partial charge in [0.2, 0.25) is 0 Å². The number of ether oxygens (including phenoxy) is 2. The van der Waals surface area contributed by atoms with E-state index in [9.17, 15) is 4.79 Å². The van der Waals surface area contributed by atoms with Crippen LogP contribution in [0.15, 0.2) is 71.4 Å². The summed E-state index contributed by atoms with van der Waals surface area (Å²) < 4.78 is 27.9. The van der Waals surface area contributed by atoms with Gasteiger partial charge in [0.1, 0.15) is 17.7 Å². The minimum Gasteiger partial charge on any atom is -0.482 e. The highest BCUT2D eigenvalue weighted by Gasteiger charge is 2.39. The van der Waals surface area contributed by atoms with Gasteiger partial charge in [-0.1, -0.05) is 18.7 Å². The van der Waals surface area contributed by atoms with E-state index >= 15 is 4.39 Å². The zero-order valence-electron chi connectivity index (χ0n) is 25.7. The number of morpholine rings is 1. The standard InChI is InChI=1S/C33H46FN5O3/c1-22-24-17-27(34)30(35-11-12-38-13-15-41-16-14-38)23(2)42-29-10-8-7-9-28(29)39(20-24)21-26(22)31(40)36-25-18-32(3,4)37-33(5,6)19-25/h7-10,17,21,23,25,35,37H,1,11-16,18-20H2,2-6H3,(H,36,40)/b24-17+,30-27-. The van der Waals surface area contributed by atoms with Crippen molar-refractivity contribution in [2.24, 2.45) is 0 Å². The van der Waals surface area contributed by atoms with Gasteiger partial charge >= 0.3 is 0 Å². The number of carbonyl (C=O) groups is 1. The lowest BCUT2D eigenvalue weighted by Gasteiger charge is -2.46. The summed E-state index contributed by atoms with van der Waals surface area (Å²) in [7, 11) is 0. The highest BCUT2D eigenvalue weighted by atomic mass is 19.1. The molecule has 1 unspecified atom stereocenters. The molecule has 1 aromatic carbocycles. The van der Waals surface area contributed by atoms with E-state index in [4.69, 9.17) is 9.47 Å². The molecule has 2 saturated heterocycles. The van der Waals surface area contributed by atoms with Gasteiger partial charge < -0.3 is 30.3 Å². The van der Waals surface area contributed by atoms with Crippen molar-refractivity contribution in [2.75, 3.05) is 50.8 Å². The Morgan fingerprint density at radius 2 is 1.83 bits per heavy atom. The Labute approximate surface area is 249 Å². The van der Waals surface area contributed by atoms with Crippen molar-refractivity contribution >= 4 is 11.6 Å². The van der Waals surface area contributed by atoms with Crippen molar-refractivity contribution in [3.63, 3.8) is 0 Å². The highest BCUT2D eigenvalue weighted by Crippen LogP contribution is 2.37. The Bertz CT molecular complexity index is 1280. The summed E-state index contributed by atoms with van der Waals surface area (Å²) in [5.41, 5.74) is 2.59. The highest BCUT2D eigenvalue weighted by molar-refractivity contribution is 6.00. The zero-order chi connectivity index (χ0) is 30.1. The molecule has 0 aromatic heterocycles. The average molecular weight is 580 g/mol. The van der Waals surface area contributed by atoms with Gasteiger partial charge in [-0.15, -0.1) is 0 Å². The van der Waals surface area contributed by atoms with E-state index in [-0.39, 0.29) is 23.0 Å². The summed E-state index contributed by atoms with van der Waals surface area (Å²) in [5.74, 6) is 0.00606. The molecule has 0 radical (unpaired) electrons. The second-order valence-electron chi connectivity index (χ2n) is 13.2. The van der Waals surface area contributed by atoms with Crippen LogP contribution in [0, 0.1) is 0 Å². The number of hydrogen-bond acceptors (Lipinski definition) is 7. The minimum absolute atomic E-state index is 0.00508. The lowest BCUT2D eigenvalue weighted by Crippen LogP contribution is -2.62. The number of nitrogens with zero attached hydrogens (tertiary/aromatic N) is 2. The van der Waals surface area contributed by atoms with E-state index in [0.717, 1.165) is 38.2 Å². The molecular weight excluding hydrogens is 533 g/mol. The maximum Gasteiger partial charge on any atom is 0.253 e. The fourth-order valence-corrected chi connectivity index (χ4v) is 6.77. The Balaban J connectivity index is 1.44. The molecule has 4 aliphatic rings. The van der Waals surface area contributed by atoms with Gasteiger partial charge in [-0.2, -0.15) is 0 Å². The van der Waals surface area contributed by atoms with Crippen LogP contribution in [0.5, 0.6) is 5.75 Å². The normalized spacial score (nSPS) is 27.6. The van der Waals surface area contributed by atoms with E-state index in [2.05, 4.69) is 55.1 Å². The quantitative estimate of drug-likeness (QED) is 0.467. The number of piperidine rings is 1. The number of hydrogen-bond donors (Lipinski definition) is 3. The van der Waals surface area contributed by atoms with Gasteiger partial charge in [-0.3, -0.25) is 9.69 Å². The molecule has 3 N–H and O–H groups in total. The number of para-hydroxylation sites is 2. The number of fused-ring (bicyclic) bond motifs is 4. The Morgan fingerprint density at radius 1 is 1.14 bits per heavy atom. The summed E-state index contributed by atoms with van der Waals surface area (Å²) in [6.07, 6.45) is 4.39. The number of benzene rings is 1. The molecule has 0 saturated carbocycles. The largest absolute Gasteiger partial charge is 0.482 e. The summed E-state index contributed by atoms with van der Waals surface area (Å²) >= 11 is 0. The predicted molar refractivity (Wildman–Crippen MR) is 165 cm³/mol. The first-order chi connectivity index (χ1) is 19.9. The van der Waals surface area contributed by atoms with Crippen molar-refractivity contribution in [1.82, 2.24) is 20.9 Å². The first kappa shape index (κ1) is 30.3. The van der Waals surface area contributed by atoms with Gasteiger partial charge in [0.25, 0.3) is 5.91 Å². The molecule has 1 atom stereocenters. The predicted octanol–water partition coefficient (Wildman–Crippen LogP) is 4.18. The third kappa shape index (κ3) is 7.07. The number of amides is 1. The molecule has 0 spiro atoms. The Morgan fingerprint density at radius 3 is 2.55 bits per heavy atom. The first-order valence-electron chi connectivity index (χ1n) is 15.1. The molecule has 4 aliphatic heterocycles. The van der Waals surface area contributed by atoms with Crippen molar-refractivity contribution < 1.29 is 18.7 Å². The molecule has 5 rings (SSSR count). The summed E-state index contributed by atoms with van der Waals surface area (Å²) in [5, 5.41) is 10.3. The van der Waals surface area contributed by atoms with Crippen LogP contribution in [-0.4, -0.2) is 80.0 Å². The van der Waals surface area contributed by atoms with Crippen LogP contribution in [0.3, 0.4) is 0 Å². The number of carbonyl (C=O) groups excluding carboxylic acids is 1. The maximum atomic E-state index is 16.1. The van der Waals surface area contributed by atoms with Crippen molar-refractivity contribution in [3.8, 4) is 5.75 Å². The van der Waals surface area contributed by atoms with E-state index in [1.807, 2.05) is 42.3 Å². The Kier molecular flexibility index (Phi) is 8.83. The zero-order valence-corrected chi connectivity index (χ0v) is 25.7. The van der Waals surface area contributed by atoms with Crippen molar-refractivity contribution in [2.45, 2.75) is 70.7 Å². The van der Waals surface area contributed by atoms with E-state index < -0.39 is 11.9 Å². The maximum absolute atomic E-state index is 16.1. The van der Waals surface area contributed by atoms with Gasteiger partial charge in [0.05, 0.1) is 30.2 Å². The van der Waals surface area contributed by atoms with Crippen LogP contribution >= 0.6 is 0 Å². The number of anilines is 1. The number of allylic oxidation sites excluding steroid dienone is 2. The summed E-state index contributed by atoms with van der Waals surface area (Å²) in [6, 6.07) is 7.69.